The molecule has 1 aliphatic heterocycles. The zero-order chi connectivity index (χ0) is 22.2. The summed E-state index contributed by atoms with van der Waals surface area (Å²) in [7, 11) is 0. The molecule has 33 heavy (non-hydrogen) atoms. The first-order chi connectivity index (χ1) is 16.2. The van der Waals surface area contributed by atoms with Crippen molar-refractivity contribution < 1.29 is 9.15 Å². The minimum absolute atomic E-state index is 0.0793. The highest BCUT2D eigenvalue weighted by Crippen LogP contribution is 2.36. The van der Waals surface area contributed by atoms with Gasteiger partial charge >= 0.3 is 0 Å². The fourth-order valence-electron chi connectivity index (χ4n) is 4.07. The molecule has 6 rings (SSSR count). The lowest BCUT2D eigenvalue weighted by molar-refractivity contribution is 0.206. The fourth-order valence-corrected chi connectivity index (χ4v) is 4.72. The molecule has 162 valence electrons. The minimum Gasteiger partial charge on any atom is -0.485 e. The van der Waals surface area contributed by atoms with Gasteiger partial charge in [-0.15, -0.1) is 11.3 Å². The number of aromatic nitrogens is 1. The summed E-state index contributed by atoms with van der Waals surface area (Å²) in [4.78, 5) is 4.69. The van der Waals surface area contributed by atoms with Gasteiger partial charge in [0.25, 0.3) is 0 Å². The molecule has 5 nitrogen and oxygen atoms in total. The van der Waals surface area contributed by atoms with Crippen LogP contribution < -0.4 is 10.2 Å². The van der Waals surface area contributed by atoms with E-state index in [9.17, 15) is 0 Å². The average molecular weight is 452 g/mol. The van der Waals surface area contributed by atoms with Crippen LogP contribution in [0.3, 0.4) is 0 Å². The van der Waals surface area contributed by atoms with Crippen LogP contribution in [0.25, 0.3) is 22.4 Å². The van der Waals surface area contributed by atoms with Crippen molar-refractivity contribution in [3.05, 3.63) is 101 Å². The van der Waals surface area contributed by atoms with Crippen LogP contribution in [0.2, 0.25) is 0 Å². The van der Waals surface area contributed by atoms with Crippen LogP contribution in [0, 0.1) is 6.92 Å². The van der Waals surface area contributed by atoms with E-state index in [2.05, 4.69) is 41.6 Å². The molecule has 1 N–H and O–H groups in total. The van der Waals surface area contributed by atoms with Crippen LogP contribution in [0.4, 0.5) is 5.13 Å². The summed E-state index contributed by atoms with van der Waals surface area (Å²) < 4.78 is 12.3. The van der Waals surface area contributed by atoms with E-state index in [-0.39, 0.29) is 6.10 Å². The Hall–Kier alpha value is -3.90. The number of nitrogens with one attached hydrogen (secondary N) is 1. The Morgan fingerprint density at radius 2 is 1.85 bits per heavy atom. The SMILES string of the molecule is Cc1ccc2c(c1)/C(=N\Nc1nc(-c3cc4ccccc4o3)cs1)CC(c1ccccc1)O2. The Morgan fingerprint density at radius 1 is 1.00 bits per heavy atom. The van der Waals surface area contributed by atoms with Crippen LogP contribution in [0.1, 0.15) is 29.2 Å². The molecule has 1 atom stereocenters. The Morgan fingerprint density at radius 3 is 2.73 bits per heavy atom. The van der Waals surface area contributed by atoms with Crippen LogP contribution in [0.5, 0.6) is 5.75 Å². The first kappa shape index (κ1) is 19.8. The smallest absolute Gasteiger partial charge is 0.204 e. The van der Waals surface area contributed by atoms with Crippen molar-refractivity contribution in [3.63, 3.8) is 0 Å². The normalized spacial score (nSPS) is 16.5. The molecule has 0 saturated carbocycles. The van der Waals surface area contributed by atoms with E-state index in [0.29, 0.717) is 6.42 Å². The van der Waals surface area contributed by atoms with Crippen molar-refractivity contribution in [2.75, 3.05) is 5.43 Å². The third-order valence-corrected chi connectivity index (χ3v) is 6.48. The van der Waals surface area contributed by atoms with Crippen molar-refractivity contribution in [1.29, 1.82) is 0 Å². The van der Waals surface area contributed by atoms with Crippen LogP contribution >= 0.6 is 11.3 Å². The standard InChI is InChI=1S/C27H21N3O2S/c1-17-11-12-24-20(13-17)21(15-25(32-24)18-7-3-2-4-8-18)29-30-27-28-22(16-33-27)26-14-19-9-5-6-10-23(19)31-26/h2-14,16,25H,15H2,1H3,(H,28,30)/b29-21-. The number of nitrogens with zero attached hydrogens (tertiary/aromatic N) is 2. The number of fused-ring (bicyclic) bond motifs is 2. The number of para-hydroxylation sites is 1. The molecule has 0 radical (unpaired) electrons. The Balaban J connectivity index is 1.29. The number of benzene rings is 3. The lowest BCUT2D eigenvalue weighted by atomic mass is 9.94. The van der Waals surface area contributed by atoms with Gasteiger partial charge in [0.15, 0.2) is 5.76 Å². The topological polar surface area (TPSA) is 59.7 Å². The van der Waals surface area contributed by atoms with E-state index in [1.54, 1.807) is 0 Å². The molecule has 5 aromatic rings. The van der Waals surface area contributed by atoms with E-state index in [1.165, 1.54) is 16.9 Å². The number of rotatable bonds is 4. The summed E-state index contributed by atoms with van der Waals surface area (Å²) >= 11 is 1.50. The first-order valence-electron chi connectivity index (χ1n) is 10.8. The third kappa shape index (κ3) is 3.90. The quantitative estimate of drug-likeness (QED) is 0.293. The van der Waals surface area contributed by atoms with E-state index in [0.717, 1.165) is 50.1 Å². The molecule has 3 aromatic carbocycles. The monoisotopic (exact) mass is 451 g/mol. The number of aryl methyl sites for hydroxylation is 1. The molecule has 3 heterocycles. The van der Waals surface area contributed by atoms with Gasteiger partial charge < -0.3 is 9.15 Å². The summed E-state index contributed by atoms with van der Waals surface area (Å²) in [5, 5.41) is 8.53. The van der Waals surface area contributed by atoms with Gasteiger partial charge in [-0.1, -0.05) is 60.2 Å². The Bertz CT molecular complexity index is 1440. The molecule has 0 saturated heterocycles. The molecular weight excluding hydrogens is 430 g/mol. The lowest BCUT2D eigenvalue weighted by Gasteiger charge is -2.27. The molecule has 0 amide bonds. The maximum atomic E-state index is 6.31. The Labute approximate surface area is 195 Å². The second-order valence-electron chi connectivity index (χ2n) is 8.08. The van der Waals surface area contributed by atoms with Crippen molar-refractivity contribution in [1.82, 2.24) is 4.98 Å². The second-order valence-corrected chi connectivity index (χ2v) is 8.94. The number of ether oxygens (including phenoxy) is 1. The third-order valence-electron chi connectivity index (χ3n) is 5.73. The molecule has 0 bridgehead atoms. The predicted octanol–water partition coefficient (Wildman–Crippen LogP) is 7.20. The van der Waals surface area contributed by atoms with E-state index in [1.807, 2.05) is 60.0 Å². The maximum Gasteiger partial charge on any atom is 0.204 e. The van der Waals surface area contributed by atoms with Gasteiger partial charge in [0.05, 0.1) is 5.71 Å². The van der Waals surface area contributed by atoms with Crippen molar-refractivity contribution in [2.24, 2.45) is 5.10 Å². The molecule has 0 aliphatic carbocycles. The number of anilines is 1. The summed E-state index contributed by atoms with van der Waals surface area (Å²) in [6, 6.07) is 26.5. The number of hydrazone groups is 1. The predicted molar refractivity (Wildman–Crippen MR) is 133 cm³/mol. The number of hydrogen-bond acceptors (Lipinski definition) is 6. The van der Waals surface area contributed by atoms with Gasteiger partial charge in [0, 0.05) is 22.8 Å². The molecule has 1 aliphatic rings. The second kappa shape index (κ2) is 8.22. The van der Waals surface area contributed by atoms with E-state index in [4.69, 9.17) is 14.3 Å². The van der Waals surface area contributed by atoms with Gasteiger partial charge in [0.2, 0.25) is 5.13 Å². The molecule has 6 heteroatoms. The zero-order valence-corrected chi connectivity index (χ0v) is 18.8. The number of thiazole rings is 1. The molecule has 0 spiro atoms. The van der Waals surface area contributed by atoms with Gasteiger partial charge in [-0.2, -0.15) is 5.10 Å². The fraction of sp³-hybridized carbons (Fsp3) is 0.111. The van der Waals surface area contributed by atoms with Gasteiger partial charge in [-0.25, -0.2) is 4.98 Å². The number of furan rings is 1. The lowest BCUT2D eigenvalue weighted by Crippen LogP contribution is -2.22. The summed E-state index contributed by atoms with van der Waals surface area (Å²) in [5.74, 6) is 1.60. The highest BCUT2D eigenvalue weighted by atomic mass is 32.1. The highest BCUT2D eigenvalue weighted by molar-refractivity contribution is 7.14. The minimum atomic E-state index is -0.0793. The first-order valence-corrected chi connectivity index (χ1v) is 11.7. The highest BCUT2D eigenvalue weighted by Gasteiger charge is 2.26. The van der Waals surface area contributed by atoms with Crippen LogP contribution in [-0.4, -0.2) is 10.7 Å². The average Bonchev–Trinajstić information content (AvgIpc) is 3.50. The zero-order valence-electron chi connectivity index (χ0n) is 18.0. The summed E-state index contributed by atoms with van der Waals surface area (Å²) in [6.07, 6.45) is 0.597. The van der Waals surface area contributed by atoms with Crippen LogP contribution in [0.15, 0.2) is 93.8 Å². The van der Waals surface area contributed by atoms with Gasteiger partial charge in [-0.3, -0.25) is 5.43 Å². The maximum absolute atomic E-state index is 6.31. The molecule has 2 aromatic heterocycles. The van der Waals surface area contributed by atoms with Crippen molar-refractivity contribution in [2.45, 2.75) is 19.4 Å². The van der Waals surface area contributed by atoms with Gasteiger partial charge in [0.1, 0.15) is 23.1 Å². The van der Waals surface area contributed by atoms with Crippen molar-refractivity contribution in [3.8, 4) is 17.2 Å². The molecule has 0 fully saturated rings. The Kier molecular flexibility index (Phi) is 4.92. The van der Waals surface area contributed by atoms with E-state index >= 15 is 0 Å². The molecular formula is C27H21N3O2S. The van der Waals surface area contributed by atoms with Crippen molar-refractivity contribution >= 4 is 33.1 Å². The van der Waals surface area contributed by atoms with Gasteiger partial charge in [-0.05, 0) is 36.8 Å². The molecule has 1 unspecified atom stereocenters. The van der Waals surface area contributed by atoms with Crippen LogP contribution in [-0.2, 0) is 0 Å². The largest absolute Gasteiger partial charge is 0.485 e. The summed E-state index contributed by atoms with van der Waals surface area (Å²) in [6.45, 7) is 2.08. The number of hydrogen-bond donors (Lipinski definition) is 1. The van der Waals surface area contributed by atoms with E-state index < -0.39 is 0 Å². The summed E-state index contributed by atoms with van der Waals surface area (Å²) in [5.41, 5.74) is 9.10.